The van der Waals surface area contributed by atoms with Crippen molar-refractivity contribution in [1.29, 1.82) is 0 Å². The van der Waals surface area contributed by atoms with Gasteiger partial charge in [0.05, 0.1) is 13.1 Å². The Labute approximate surface area is 136 Å². The number of hydrogen-bond donors (Lipinski definition) is 0. The first-order valence-electron chi connectivity index (χ1n) is 8.31. The van der Waals surface area contributed by atoms with E-state index in [1.807, 2.05) is 11.6 Å². The molecular weight excluding hydrogens is 294 g/mol. The molecule has 1 aliphatic heterocycles. The summed E-state index contributed by atoms with van der Waals surface area (Å²) in [5.74, 6) is 1.52. The van der Waals surface area contributed by atoms with E-state index in [-0.39, 0.29) is 0 Å². The predicted octanol–water partition coefficient (Wildman–Crippen LogP) is 0.820. The van der Waals surface area contributed by atoms with Crippen LogP contribution < -0.4 is 0 Å². The van der Waals surface area contributed by atoms with Crippen LogP contribution in [0.2, 0.25) is 0 Å². The molecule has 0 aliphatic carbocycles. The van der Waals surface area contributed by atoms with Crippen molar-refractivity contribution < 1.29 is 4.52 Å². The van der Waals surface area contributed by atoms with Gasteiger partial charge in [-0.15, -0.1) is 0 Å². The van der Waals surface area contributed by atoms with E-state index in [9.17, 15) is 0 Å². The number of likely N-dealkylation sites (tertiary alicyclic amines) is 1. The molecule has 2 aromatic rings. The molecule has 3 rings (SSSR count). The third-order valence-electron chi connectivity index (χ3n) is 4.43. The van der Waals surface area contributed by atoms with E-state index in [1.54, 1.807) is 12.7 Å². The molecule has 1 unspecified atom stereocenters. The highest BCUT2D eigenvalue weighted by Crippen LogP contribution is 2.16. The summed E-state index contributed by atoms with van der Waals surface area (Å²) in [5, 5.41) is 8.22. The highest BCUT2D eigenvalue weighted by atomic mass is 16.5. The van der Waals surface area contributed by atoms with Crippen molar-refractivity contribution in [3.8, 4) is 0 Å². The average Bonchev–Trinajstić information content (AvgIpc) is 3.24. The average molecular weight is 319 g/mol. The number of piperidine rings is 1. The van der Waals surface area contributed by atoms with E-state index in [0.717, 1.165) is 50.9 Å². The van der Waals surface area contributed by atoms with Crippen molar-refractivity contribution in [3.05, 3.63) is 24.4 Å². The van der Waals surface area contributed by atoms with E-state index < -0.39 is 0 Å². The first-order chi connectivity index (χ1) is 11.2. The van der Waals surface area contributed by atoms with Crippen molar-refractivity contribution in [2.45, 2.75) is 45.3 Å². The molecule has 126 valence electrons. The number of nitrogens with zero attached hydrogens (tertiary/aromatic N) is 7. The summed E-state index contributed by atoms with van der Waals surface area (Å²) in [4.78, 5) is 13.2. The van der Waals surface area contributed by atoms with Gasteiger partial charge in [0, 0.05) is 25.6 Å². The van der Waals surface area contributed by atoms with E-state index >= 15 is 0 Å². The van der Waals surface area contributed by atoms with Crippen molar-refractivity contribution in [2.75, 3.05) is 26.7 Å². The van der Waals surface area contributed by atoms with Crippen molar-refractivity contribution in [2.24, 2.45) is 0 Å². The lowest BCUT2D eigenvalue weighted by Crippen LogP contribution is -2.47. The Bertz CT molecular complexity index is 582. The van der Waals surface area contributed by atoms with Crippen LogP contribution in [0.3, 0.4) is 0 Å². The van der Waals surface area contributed by atoms with Gasteiger partial charge in [0.15, 0.2) is 5.82 Å². The molecule has 8 nitrogen and oxygen atoms in total. The zero-order valence-electron chi connectivity index (χ0n) is 13.9. The lowest BCUT2D eigenvalue weighted by Gasteiger charge is -2.37. The first kappa shape index (κ1) is 16.1. The number of aryl methyl sites for hydroxylation is 1. The summed E-state index contributed by atoms with van der Waals surface area (Å²) < 4.78 is 7.07. The van der Waals surface area contributed by atoms with Crippen LogP contribution in [0.25, 0.3) is 0 Å². The molecule has 0 N–H and O–H groups in total. The molecule has 0 bridgehead atoms. The molecule has 0 spiro atoms. The van der Waals surface area contributed by atoms with Gasteiger partial charge in [-0.2, -0.15) is 10.1 Å². The molecule has 2 aromatic heterocycles. The molecule has 3 heterocycles. The van der Waals surface area contributed by atoms with Gasteiger partial charge in [-0.1, -0.05) is 12.1 Å². The van der Waals surface area contributed by atoms with Crippen LogP contribution in [0.1, 0.15) is 31.5 Å². The lowest BCUT2D eigenvalue weighted by molar-refractivity contribution is 0.106. The topological polar surface area (TPSA) is 76.1 Å². The van der Waals surface area contributed by atoms with Crippen molar-refractivity contribution >= 4 is 0 Å². The maximum atomic E-state index is 5.20. The monoisotopic (exact) mass is 319 g/mol. The molecule has 1 fully saturated rings. The predicted molar refractivity (Wildman–Crippen MR) is 84.6 cm³/mol. The number of aromatic nitrogens is 5. The van der Waals surface area contributed by atoms with Crippen LogP contribution >= 0.6 is 0 Å². The summed E-state index contributed by atoms with van der Waals surface area (Å²) in [5.41, 5.74) is 0. The van der Waals surface area contributed by atoms with Gasteiger partial charge in [-0.25, -0.2) is 4.98 Å². The highest BCUT2D eigenvalue weighted by molar-refractivity contribution is 4.88. The van der Waals surface area contributed by atoms with E-state index in [2.05, 4.69) is 37.1 Å². The Kier molecular flexibility index (Phi) is 5.35. The highest BCUT2D eigenvalue weighted by Gasteiger charge is 2.24. The lowest BCUT2D eigenvalue weighted by atomic mass is 10.0. The molecule has 1 saturated heterocycles. The maximum Gasteiger partial charge on any atom is 0.226 e. The van der Waals surface area contributed by atoms with Crippen LogP contribution in [0.4, 0.5) is 0 Å². The summed E-state index contributed by atoms with van der Waals surface area (Å²) in [6.45, 7) is 6.80. The van der Waals surface area contributed by atoms with Crippen LogP contribution in [0.15, 0.2) is 17.2 Å². The van der Waals surface area contributed by atoms with Gasteiger partial charge in [0.2, 0.25) is 5.89 Å². The summed E-state index contributed by atoms with van der Waals surface area (Å²) in [6.07, 6.45) is 6.58. The van der Waals surface area contributed by atoms with E-state index in [4.69, 9.17) is 4.52 Å². The van der Waals surface area contributed by atoms with Gasteiger partial charge in [-0.3, -0.25) is 9.58 Å². The second-order valence-electron chi connectivity index (χ2n) is 6.13. The van der Waals surface area contributed by atoms with Crippen LogP contribution in [0, 0.1) is 0 Å². The standard InChI is InChI=1S/C15H25N7O/c1-3-15-18-14(19-23-15)10-21-6-4-5-13(9-21)20(2)7-8-22-12-16-11-17-22/h11-13H,3-10H2,1-2H3. The van der Waals surface area contributed by atoms with Gasteiger partial charge in [-0.05, 0) is 26.4 Å². The molecule has 0 amide bonds. The van der Waals surface area contributed by atoms with Crippen molar-refractivity contribution in [3.63, 3.8) is 0 Å². The quantitative estimate of drug-likeness (QED) is 0.748. The second kappa shape index (κ2) is 7.65. The minimum Gasteiger partial charge on any atom is -0.339 e. The van der Waals surface area contributed by atoms with Crippen LogP contribution in [-0.4, -0.2) is 67.4 Å². The zero-order chi connectivity index (χ0) is 16.1. The smallest absolute Gasteiger partial charge is 0.226 e. The molecule has 23 heavy (non-hydrogen) atoms. The Hall–Kier alpha value is -1.80. The zero-order valence-corrected chi connectivity index (χ0v) is 13.9. The van der Waals surface area contributed by atoms with Gasteiger partial charge < -0.3 is 9.42 Å². The Morgan fingerprint density at radius 1 is 1.43 bits per heavy atom. The second-order valence-corrected chi connectivity index (χ2v) is 6.13. The number of likely N-dealkylation sites (N-methyl/N-ethyl adjacent to an activating group) is 1. The third kappa shape index (κ3) is 4.35. The summed E-state index contributed by atoms with van der Waals surface area (Å²) in [6, 6.07) is 0.560. The Morgan fingerprint density at radius 3 is 3.09 bits per heavy atom. The fourth-order valence-electron chi connectivity index (χ4n) is 3.02. The van der Waals surface area contributed by atoms with E-state index in [0.29, 0.717) is 6.04 Å². The van der Waals surface area contributed by atoms with E-state index in [1.165, 1.54) is 12.8 Å². The molecule has 1 aliphatic rings. The van der Waals surface area contributed by atoms with Crippen LogP contribution in [0.5, 0.6) is 0 Å². The fraction of sp³-hybridized carbons (Fsp3) is 0.733. The summed E-state index contributed by atoms with van der Waals surface area (Å²) >= 11 is 0. The number of hydrogen-bond acceptors (Lipinski definition) is 7. The molecule has 0 radical (unpaired) electrons. The fourth-order valence-corrected chi connectivity index (χ4v) is 3.02. The Balaban J connectivity index is 1.48. The first-order valence-corrected chi connectivity index (χ1v) is 8.31. The molecule has 0 aromatic carbocycles. The Morgan fingerprint density at radius 2 is 2.35 bits per heavy atom. The minimum absolute atomic E-state index is 0.560. The largest absolute Gasteiger partial charge is 0.339 e. The minimum atomic E-state index is 0.560. The SMILES string of the molecule is CCc1nc(CN2CCCC(N(C)CCn3cncn3)C2)no1. The van der Waals surface area contributed by atoms with Gasteiger partial charge >= 0.3 is 0 Å². The van der Waals surface area contributed by atoms with Crippen molar-refractivity contribution in [1.82, 2.24) is 34.7 Å². The van der Waals surface area contributed by atoms with Crippen LogP contribution in [-0.2, 0) is 19.5 Å². The third-order valence-corrected chi connectivity index (χ3v) is 4.43. The summed E-state index contributed by atoms with van der Waals surface area (Å²) in [7, 11) is 2.19. The van der Waals surface area contributed by atoms with Gasteiger partial charge in [0.1, 0.15) is 12.7 Å². The van der Waals surface area contributed by atoms with Gasteiger partial charge in [0.25, 0.3) is 0 Å². The number of rotatable bonds is 7. The molecule has 8 heteroatoms. The molecule has 0 saturated carbocycles. The normalized spacial score (nSPS) is 19.5. The molecular formula is C15H25N7O. The maximum absolute atomic E-state index is 5.20. The molecule has 1 atom stereocenters.